The molecule has 3 heteroatoms. The first-order chi connectivity index (χ1) is 13.7. The van der Waals surface area contributed by atoms with Crippen molar-refractivity contribution >= 4 is 5.97 Å². The average Bonchev–Trinajstić information content (AvgIpc) is 2.71. The summed E-state index contributed by atoms with van der Waals surface area (Å²) in [6.07, 6.45) is 13.4. The first kappa shape index (κ1) is 21.5. The SMILES string of the molecule is CCCCCCCOc1ccc(-c2ccc(C/C=C/C=C/C(=O)O)cc2)cc1. The summed E-state index contributed by atoms with van der Waals surface area (Å²) >= 11 is 0. The van der Waals surface area contributed by atoms with Crippen molar-refractivity contribution in [1.82, 2.24) is 0 Å². The smallest absolute Gasteiger partial charge is 0.328 e. The quantitative estimate of drug-likeness (QED) is 0.262. The van der Waals surface area contributed by atoms with Gasteiger partial charge in [-0.3, -0.25) is 0 Å². The fourth-order valence-electron chi connectivity index (χ4n) is 2.89. The van der Waals surface area contributed by atoms with Crippen LogP contribution < -0.4 is 4.74 Å². The van der Waals surface area contributed by atoms with Crippen molar-refractivity contribution in [2.45, 2.75) is 45.4 Å². The lowest BCUT2D eigenvalue weighted by Crippen LogP contribution is -1.97. The molecule has 0 spiro atoms. The molecular weight excluding hydrogens is 348 g/mol. The van der Waals surface area contributed by atoms with Crippen LogP contribution in [0.15, 0.2) is 72.8 Å². The Morgan fingerprint density at radius 3 is 2.18 bits per heavy atom. The molecule has 28 heavy (non-hydrogen) atoms. The standard InChI is InChI=1S/C25H30O3/c1-2-3-4-5-9-20-28-24-18-16-23(17-19-24)22-14-12-21(13-15-22)10-7-6-8-11-25(26)27/h6-8,11-19H,2-5,9-10,20H2,1H3,(H,26,27)/b7-6+,11-8+. The van der Waals surface area contributed by atoms with E-state index in [1.807, 2.05) is 18.2 Å². The van der Waals surface area contributed by atoms with Crippen LogP contribution in [0.5, 0.6) is 5.75 Å². The molecule has 0 aliphatic rings. The zero-order valence-electron chi connectivity index (χ0n) is 16.6. The summed E-state index contributed by atoms with van der Waals surface area (Å²) in [7, 11) is 0. The second-order valence-corrected chi connectivity index (χ2v) is 6.81. The minimum absolute atomic E-state index is 0.773. The van der Waals surface area contributed by atoms with Crippen LogP contribution in [0.4, 0.5) is 0 Å². The van der Waals surface area contributed by atoms with Crippen LogP contribution in [-0.4, -0.2) is 17.7 Å². The molecule has 0 heterocycles. The molecule has 0 aromatic heterocycles. The van der Waals surface area contributed by atoms with E-state index in [0.717, 1.165) is 31.3 Å². The van der Waals surface area contributed by atoms with Crippen LogP contribution in [0.1, 0.15) is 44.6 Å². The van der Waals surface area contributed by atoms with E-state index in [-0.39, 0.29) is 0 Å². The maximum Gasteiger partial charge on any atom is 0.328 e. The molecule has 0 saturated carbocycles. The van der Waals surface area contributed by atoms with Gasteiger partial charge in [-0.05, 0) is 41.7 Å². The summed E-state index contributed by atoms with van der Waals surface area (Å²) < 4.78 is 5.83. The number of carboxylic acid groups (broad SMARTS) is 1. The number of allylic oxidation sites excluding steroid dienone is 3. The number of aliphatic carboxylic acids is 1. The van der Waals surface area contributed by atoms with E-state index in [4.69, 9.17) is 9.84 Å². The maximum atomic E-state index is 10.4. The lowest BCUT2D eigenvalue weighted by atomic mass is 10.0. The van der Waals surface area contributed by atoms with Crippen LogP contribution in [0, 0.1) is 0 Å². The third-order valence-electron chi connectivity index (χ3n) is 4.50. The molecule has 0 aliphatic carbocycles. The number of rotatable bonds is 12. The molecule has 0 radical (unpaired) electrons. The average molecular weight is 379 g/mol. The monoisotopic (exact) mass is 378 g/mol. The van der Waals surface area contributed by atoms with E-state index < -0.39 is 5.97 Å². The van der Waals surface area contributed by atoms with Crippen molar-refractivity contribution in [3.8, 4) is 16.9 Å². The van der Waals surface area contributed by atoms with Gasteiger partial charge in [-0.2, -0.15) is 0 Å². The Labute approximate surface area is 168 Å². The second-order valence-electron chi connectivity index (χ2n) is 6.81. The first-order valence-electron chi connectivity index (χ1n) is 10.1. The predicted octanol–water partition coefficient (Wildman–Crippen LogP) is 6.44. The Hall–Kier alpha value is -2.81. The Morgan fingerprint density at radius 2 is 1.54 bits per heavy atom. The van der Waals surface area contributed by atoms with Gasteiger partial charge in [0.05, 0.1) is 6.61 Å². The van der Waals surface area contributed by atoms with Crippen molar-refractivity contribution in [2.24, 2.45) is 0 Å². The Kier molecular flexibility index (Phi) is 9.64. The van der Waals surface area contributed by atoms with Crippen LogP contribution in [0.2, 0.25) is 0 Å². The summed E-state index contributed by atoms with van der Waals surface area (Å²) in [5.41, 5.74) is 3.53. The summed E-state index contributed by atoms with van der Waals surface area (Å²) in [4.78, 5) is 10.4. The highest BCUT2D eigenvalue weighted by molar-refractivity contribution is 5.80. The molecular formula is C25H30O3. The van der Waals surface area contributed by atoms with E-state index in [1.54, 1.807) is 6.08 Å². The molecule has 1 N–H and O–H groups in total. The predicted molar refractivity (Wildman–Crippen MR) is 116 cm³/mol. The van der Waals surface area contributed by atoms with Gasteiger partial charge < -0.3 is 9.84 Å². The summed E-state index contributed by atoms with van der Waals surface area (Å²) in [6, 6.07) is 16.7. The summed E-state index contributed by atoms with van der Waals surface area (Å²) in [5.74, 6) is -0.00666. The van der Waals surface area contributed by atoms with Crippen molar-refractivity contribution in [3.05, 3.63) is 78.4 Å². The molecule has 0 amide bonds. The summed E-state index contributed by atoms with van der Waals surface area (Å²) in [6.45, 7) is 3.01. The van der Waals surface area contributed by atoms with Crippen molar-refractivity contribution < 1.29 is 14.6 Å². The van der Waals surface area contributed by atoms with Gasteiger partial charge in [0.2, 0.25) is 0 Å². The Morgan fingerprint density at radius 1 is 0.893 bits per heavy atom. The molecule has 0 unspecified atom stereocenters. The van der Waals surface area contributed by atoms with Gasteiger partial charge in [-0.25, -0.2) is 4.79 Å². The molecule has 2 aromatic carbocycles. The summed E-state index contributed by atoms with van der Waals surface area (Å²) in [5, 5.41) is 8.54. The van der Waals surface area contributed by atoms with E-state index in [2.05, 4.69) is 43.3 Å². The van der Waals surface area contributed by atoms with Gasteiger partial charge in [0.25, 0.3) is 0 Å². The fourth-order valence-corrected chi connectivity index (χ4v) is 2.89. The Balaban J connectivity index is 1.80. The number of hydrogen-bond donors (Lipinski definition) is 1. The van der Waals surface area contributed by atoms with Crippen LogP contribution >= 0.6 is 0 Å². The van der Waals surface area contributed by atoms with Gasteiger partial charge in [0.1, 0.15) is 5.75 Å². The Bertz CT molecular complexity index is 755. The third kappa shape index (κ3) is 8.26. The van der Waals surface area contributed by atoms with Gasteiger partial charge in [-0.15, -0.1) is 0 Å². The fraction of sp³-hybridized carbons (Fsp3) is 0.320. The van der Waals surface area contributed by atoms with Gasteiger partial charge in [0, 0.05) is 6.08 Å². The lowest BCUT2D eigenvalue weighted by Gasteiger charge is -2.08. The minimum atomic E-state index is -0.933. The third-order valence-corrected chi connectivity index (χ3v) is 4.50. The molecule has 0 aliphatic heterocycles. The van der Waals surface area contributed by atoms with Crippen molar-refractivity contribution in [3.63, 3.8) is 0 Å². The number of carboxylic acids is 1. The molecule has 0 saturated heterocycles. The molecule has 0 fully saturated rings. The second kappa shape index (κ2) is 12.6. The first-order valence-corrected chi connectivity index (χ1v) is 10.1. The minimum Gasteiger partial charge on any atom is -0.494 e. The van der Waals surface area contributed by atoms with Gasteiger partial charge in [0.15, 0.2) is 0 Å². The zero-order chi connectivity index (χ0) is 20.0. The van der Waals surface area contributed by atoms with Crippen LogP contribution in [0.3, 0.4) is 0 Å². The highest BCUT2D eigenvalue weighted by Crippen LogP contribution is 2.23. The maximum absolute atomic E-state index is 10.4. The van der Waals surface area contributed by atoms with Gasteiger partial charge >= 0.3 is 5.97 Å². The number of benzene rings is 2. The van der Waals surface area contributed by atoms with E-state index in [1.165, 1.54) is 48.4 Å². The number of unbranched alkanes of at least 4 members (excludes halogenated alkanes) is 4. The van der Waals surface area contributed by atoms with E-state index >= 15 is 0 Å². The highest BCUT2D eigenvalue weighted by Gasteiger charge is 2.00. The number of hydrogen-bond acceptors (Lipinski definition) is 2. The van der Waals surface area contributed by atoms with E-state index in [0.29, 0.717) is 0 Å². The van der Waals surface area contributed by atoms with Crippen LogP contribution in [0.25, 0.3) is 11.1 Å². The molecule has 3 nitrogen and oxygen atoms in total. The normalized spacial score (nSPS) is 11.3. The molecule has 0 bridgehead atoms. The van der Waals surface area contributed by atoms with Crippen molar-refractivity contribution in [1.29, 1.82) is 0 Å². The van der Waals surface area contributed by atoms with Crippen molar-refractivity contribution in [2.75, 3.05) is 6.61 Å². The van der Waals surface area contributed by atoms with E-state index in [9.17, 15) is 4.79 Å². The number of ether oxygens (including phenoxy) is 1. The molecule has 2 aromatic rings. The molecule has 148 valence electrons. The van der Waals surface area contributed by atoms with Crippen LogP contribution in [-0.2, 0) is 11.2 Å². The topological polar surface area (TPSA) is 46.5 Å². The molecule has 2 rings (SSSR count). The molecule has 0 atom stereocenters. The zero-order valence-corrected chi connectivity index (χ0v) is 16.6. The highest BCUT2D eigenvalue weighted by atomic mass is 16.5. The van der Waals surface area contributed by atoms with Gasteiger partial charge in [-0.1, -0.05) is 87.2 Å². The largest absolute Gasteiger partial charge is 0.494 e. The number of carbonyl (C=O) groups is 1. The lowest BCUT2D eigenvalue weighted by molar-refractivity contribution is -0.131.